The Labute approximate surface area is 164 Å². The second-order valence-corrected chi connectivity index (χ2v) is 7.93. The highest BCUT2D eigenvalue weighted by molar-refractivity contribution is 7.99. The van der Waals surface area contributed by atoms with Crippen LogP contribution in [0.2, 0.25) is 5.02 Å². The molecule has 0 fully saturated rings. The number of carbonyl (C=O) groups is 2. The van der Waals surface area contributed by atoms with Crippen LogP contribution in [0.1, 0.15) is 9.67 Å². The molecule has 0 aliphatic carbocycles. The average molecular weight is 406 g/mol. The summed E-state index contributed by atoms with van der Waals surface area (Å²) in [5.74, 6) is -0.166. The summed E-state index contributed by atoms with van der Waals surface area (Å²) in [6.07, 6.45) is 0. The molecule has 0 atom stereocenters. The fourth-order valence-electron chi connectivity index (χ4n) is 2.27. The van der Waals surface area contributed by atoms with Crippen LogP contribution in [0.5, 0.6) is 0 Å². The van der Waals surface area contributed by atoms with E-state index in [0.29, 0.717) is 16.4 Å². The number of ether oxygens (including phenoxy) is 1. The van der Waals surface area contributed by atoms with Crippen LogP contribution >= 0.6 is 34.7 Å². The molecule has 2 aromatic carbocycles. The van der Waals surface area contributed by atoms with Gasteiger partial charge in [-0.25, -0.2) is 4.79 Å². The van der Waals surface area contributed by atoms with Crippen molar-refractivity contribution in [2.75, 3.05) is 18.9 Å². The molecule has 1 amide bonds. The minimum atomic E-state index is -0.579. The zero-order chi connectivity index (χ0) is 18.4. The predicted molar refractivity (Wildman–Crippen MR) is 107 cm³/mol. The van der Waals surface area contributed by atoms with Crippen molar-refractivity contribution in [3.05, 3.63) is 64.5 Å². The van der Waals surface area contributed by atoms with Gasteiger partial charge in [-0.2, -0.15) is 0 Å². The van der Waals surface area contributed by atoms with E-state index in [1.807, 2.05) is 54.6 Å². The van der Waals surface area contributed by atoms with Gasteiger partial charge in [0.05, 0.1) is 5.02 Å². The molecule has 26 heavy (non-hydrogen) atoms. The lowest BCUT2D eigenvalue weighted by Crippen LogP contribution is -2.30. The predicted octanol–water partition coefficient (Wildman–Crippen LogP) is 4.62. The SMILES string of the molecule is O=C(COC(=O)c1sc2ccccc2c1Cl)NCCSc1ccccc1. The van der Waals surface area contributed by atoms with Gasteiger partial charge in [-0.1, -0.05) is 48.0 Å². The molecule has 0 unspecified atom stereocenters. The van der Waals surface area contributed by atoms with Gasteiger partial charge in [-0.15, -0.1) is 23.1 Å². The summed E-state index contributed by atoms with van der Waals surface area (Å²) in [6, 6.07) is 17.4. The van der Waals surface area contributed by atoms with Crippen LogP contribution < -0.4 is 5.32 Å². The fourth-order valence-corrected chi connectivity index (χ4v) is 4.46. The summed E-state index contributed by atoms with van der Waals surface area (Å²) in [5, 5.41) is 3.92. The summed E-state index contributed by atoms with van der Waals surface area (Å²) in [4.78, 5) is 25.5. The first-order valence-corrected chi connectivity index (χ1v) is 10.1. The topological polar surface area (TPSA) is 55.4 Å². The highest BCUT2D eigenvalue weighted by Gasteiger charge is 2.19. The van der Waals surface area contributed by atoms with Crippen molar-refractivity contribution in [2.24, 2.45) is 0 Å². The Morgan fingerprint density at radius 2 is 1.81 bits per heavy atom. The van der Waals surface area contributed by atoms with Crippen LogP contribution in [-0.2, 0) is 9.53 Å². The minimum absolute atomic E-state index is 0.320. The molecule has 0 aliphatic rings. The molecule has 0 radical (unpaired) electrons. The van der Waals surface area contributed by atoms with Gasteiger partial charge < -0.3 is 10.1 Å². The second kappa shape index (κ2) is 9.07. The first-order chi connectivity index (χ1) is 12.6. The molecule has 1 heterocycles. The maximum absolute atomic E-state index is 12.2. The number of carbonyl (C=O) groups excluding carboxylic acids is 2. The summed E-state index contributed by atoms with van der Waals surface area (Å²) < 4.78 is 5.99. The number of thiophene rings is 1. The van der Waals surface area contributed by atoms with Crippen molar-refractivity contribution in [1.29, 1.82) is 0 Å². The van der Waals surface area contributed by atoms with E-state index in [0.717, 1.165) is 20.7 Å². The number of esters is 1. The smallest absolute Gasteiger partial charge is 0.350 e. The number of benzene rings is 2. The first-order valence-electron chi connectivity index (χ1n) is 7.94. The Balaban J connectivity index is 1.43. The number of nitrogens with one attached hydrogen (secondary N) is 1. The van der Waals surface area contributed by atoms with E-state index in [1.165, 1.54) is 11.3 Å². The molecular formula is C19H16ClNO3S2. The minimum Gasteiger partial charge on any atom is -0.451 e. The van der Waals surface area contributed by atoms with Gasteiger partial charge in [0.25, 0.3) is 5.91 Å². The van der Waals surface area contributed by atoms with Crippen LogP contribution in [0.15, 0.2) is 59.5 Å². The first kappa shape index (κ1) is 18.8. The summed E-state index contributed by atoms with van der Waals surface area (Å²) >= 11 is 9.15. The number of hydrogen-bond acceptors (Lipinski definition) is 5. The highest BCUT2D eigenvalue weighted by Crippen LogP contribution is 2.35. The number of halogens is 1. The van der Waals surface area contributed by atoms with Gasteiger partial charge in [0.1, 0.15) is 4.88 Å². The van der Waals surface area contributed by atoms with Crippen molar-refractivity contribution >= 4 is 56.7 Å². The molecule has 0 saturated carbocycles. The normalized spacial score (nSPS) is 10.7. The van der Waals surface area contributed by atoms with Crippen LogP contribution in [0, 0.1) is 0 Å². The largest absolute Gasteiger partial charge is 0.451 e. The summed E-state index contributed by atoms with van der Waals surface area (Å²) in [7, 11) is 0. The third-order valence-corrected chi connectivity index (χ3v) is 6.16. The van der Waals surface area contributed by atoms with E-state index in [9.17, 15) is 9.59 Å². The molecule has 3 rings (SSSR count). The Bertz CT molecular complexity index is 912. The van der Waals surface area contributed by atoms with Crippen LogP contribution in [0.3, 0.4) is 0 Å². The average Bonchev–Trinajstić information content (AvgIpc) is 3.01. The van der Waals surface area contributed by atoms with Crippen molar-refractivity contribution < 1.29 is 14.3 Å². The number of hydrogen-bond donors (Lipinski definition) is 1. The van der Waals surface area contributed by atoms with Crippen LogP contribution in [0.4, 0.5) is 0 Å². The molecule has 1 aromatic heterocycles. The van der Waals surface area contributed by atoms with E-state index in [4.69, 9.17) is 16.3 Å². The maximum atomic E-state index is 12.2. The zero-order valence-corrected chi connectivity index (χ0v) is 16.1. The summed E-state index contributed by atoms with van der Waals surface area (Å²) in [6.45, 7) is 0.180. The molecule has 0 bridgehead atoms. The molecule has 0 aliphatic heterocycles. The van der Waals surface area contributed by atoms with E-state index < -0.39 is 5.97 Å². The van der Waals surface area contributed by atoms with Crippen molar-refractivity contribution in [3.63, 3.8) is 0 Å². The lowest BCUT2D eigenvalue weighted by molar-refractivity contribution is -0.124. The van der Waals surface area contributed by atoms with Gasteiger partial charge in [0, 0.05) is 27.3 Å². The molecular weight excluding hydrogens is 390 g/mol. The van der Waals surface area contributed by atoms with E-state index in [1.54, 1.807) is 11.8 Å². The highest BCUT2D eigenvalue weighted by atomic mass is 35.5. The van der Waals surface area contributed by atoms with Crippen LogP contribution in [-0.4, -0.2) is 30.8 Å². The number of rotatable bonds is 7. The molecule has 134 valence electrons. The zero-order valence-electron chi connectivity index (χ0n) is 13.7. The molecule has 7 heteroatoms. The molecule has 0 saturated heterocycles. The van der Waals surface area contributed by atoms with Gasteiger partial charge >= 0.3 is 5.97 Å². The Hall–Kier alpha value is -2.02. The second-order valence-electron chi connectivity index (χ2n) is 5.33. The Kier molecular flexibility index (Phi) is 6.55. The molecule has 1 N–H and O–H groups in total. The third kappa shape index (κ3) is 4.78. The number of amides is 1. The third-order valence-electron chi connectivity index (χ3n) is 3.49. The number of thioether (sulfide) groups is 1. The van der Waals surface area contributed by atoms with Crippen molar-refractivity contribution in [2.45, 2.75) is 4.90 Å². The Morgan fingerprint density at radius 3 is 2.58 bits per heavy atom. The molecule has 0 spiro atoms. The quantitative estimate of drug-likeness (QED) is 0.354. The van der Waals surface area contributed by atoms with E-state index in [-0.39, 0.29) is 12.5 Å². The van der Waals surface area contributed by atoms with Gasteiger partial charge in [0.15, 0.2) is 6.61 Å². The maximum Gasteiger partial charge on any atom is 0.350 e. The van der Waals surface area contributed by atoms with Crippen LogP contribution in [0.25, 0.3) is 10.1 Å². The monoisotopic (exact) mass is 405 g/mol. The Morgan fingerprint density at radius 1 is 1.08 bits per heavy atom. The number of fused-ring (bicyclic) bond motifs is 1. The van der Waals surface area contributed by atoms with Crippen molar-refractivity contribution in [1.82, 2.24) is 5.32 Å². The van der Waals surface area contributed by atoms with Crippen molar-refractivity contribution in [3.8, 4) is 0 Å². The van der Waals surface area contributed by atoms with E-state index >= 15 is 0 Å². The van der Waals surface area contributed by atoms with Gasteiger partial charge in [0.2, 0.25) is 0 Å². The lowest BCUT2D eigenvalue weighted by atomic mass is 10.2. The summed E-state index contributed by atoms with van der Waals surface area (Å²) in [5.41, 5.74) is 0. The molecule has 4 nitrogen and oxygen atoms in total. The van der Waals surface area contributed by atoms with Gasteiger partial charge in [-0.05, 0) is 18.2 Å². The lowest BCUT2D eigenvalue weighted by Gasteiger charge is -2.06. The molecule has 3 aromatic rings. The van der Waals surface area contributed by atoms with Gasteiger partial charge in [-0.3, -0.25) is 4.79 Å². The van der Waals surface area contributed by atoms with E-state index in [2.05, 4.69) is 5.32 Å². The fraction of sp³-hybridized carbons (Fsp3) is 0.158. The standard InChI is InChI=1S/C19H16ClNO3S2/c20-17-14-8-4-5-9-15(14)26-18(17)19(23)24-12-16(22)21-10-11-25-13-6-2-1-3-7-13/h1-9H,10-12H2,(H,21,22).